The maximum atomic E-state index is 11.2. The van der Waals surface area contributed by atoms with E-state index in [2.05, 4.69) is 0 Å². The fourth-order valence-electron chi connectivity index (χ4n) is 1.52. The zero-order valence-corrected chi connectivity index (χ0v) is 13.1. The van der Waals surface area contributed by atoms with Gasteiger partial charge in [-0.1, -0.05) is 76.2 Å². The number of benzene rings is 2. The quantitative estimate of drug-likeness (QED) is 0.866. The number of rotatable bonds is 4. The van der Waals surface area contributed by atoms with Gasteiger partial charge in [0.25, 0.3) is 0 Å². The number of ether oxygens (including phenoxy) is 1. The molecule has 0 fully saturated rings. The summed E-state index contributed by atoms with van der Waals surface area (Å²) in [5.41, 5.74) is 0.629. The molecule has 0 aliphatic heterocycles. The minimum absolute atomic E-state index is 0.545. The lowest BCUT2D eigenvalue weighted by Gasteiger charge is -2.15. The first kappa shape index (κ1) is 18.7. The highest BCUT2D eigenvalue weighted by atomic mass is 16.5. The minimum atomic E-state index is -1.000. The van der Waals surface area contributed by atoms with Gasteiger partial charge in [-0.2, -0.15) is 0 Å². The van der Waals surface area contributed by atoms with E-state index in [-0.39, 0.29) is 0 Å². The van der Waals surface area contributed by atoms with Crippen molar-refractivity contribution in [1.29, 1.82) is 0 Å². The van der Waals surface area contributed by atoms with E-state index in [1.165, 1.54) is 0 Å². The lowest BCUT2D eigenvalue weighted by atomic mass is 10.1. The molecule has 0 spiro atoms. The van der Waals surface area contributed by atoms with Crippen LogP contribution in [0.15, 0.2) is 60.7 Å². The van der Waals surface area contributed by atoms with Gasteiger partial charge in [0, 0.05) is 5.56 Å². The molecule has 0 aliphatic rings. The molecule has 0 radical (unpaired) electrons. The predicted octanol–water partition coefficient (Wildman–Crippen LogP) is 4.94. The third-order valence-corrected chi connectivity index (χ3v) is 2.32. The zero-order chi connectivity index (χ0) is 16.1. The Morgan fingerprint density at radius 3 is 1.71 bits per heavy atom. The first-order valence-corrected chi connectivity index (χ1v) is 7.27. The van der Waals surface area contributed by atoms with Crippen LogP contribution in [0.2, 0.25) is 0 Å². The van der Waals surface area contributed by atoms with Crippen molar-refractivity contribution < 1.29 is 14.6 Å². The molecule has 0 saturated carbocycles. The summed E-state index contributed by atoms with van der Waals surface area (Å²) in [5, 5.41) is 9.16. The average molecular weight is 288 g/mol. The van der Waals surface area contributed by atoms with Crippen molar-refractivity contribution in [3.63, 3.8) is 0 Å². The van der Waals surface area contributed by atoms with Crippen molar-refractivity contribution in [3.05, 3.63) is 66.2 Å². The fraction of sp³-hybridized carbons (Fsp3) is 0.278. The number of para-hydroxylation sites is 1. The molecular weight excluding hydrogens is 264 g/mol. The van der Waals surface area contributed by atoms with Gasteiger partial charge in [-0.25, -0.2) is 4.79 Å². The normalized spacial score (nSPS) is 10.1. The molecule has 1 N–H and O–H groups in total. The van der Waals surface area contributed by atoms with E-state index in [4.69, 9.17) is 9.84 Å². The van der Waals surface area contributed by atoms with Crippen LogP contribution in [0.5, 0.6) is 5.75 Å². The Morgan fingerprint density at radius 1 is 0.857 bits per heavy atom. The smallest absolute Gasteiger partial charge is 0.349 e. The van der Waals surface area contributed by atoms with Gasteiger partial charge in [-0.15, -0.1) is 0 Å². The number of carboxylic acids is 1. The van der Waals surface area contributed by atoms with Crippen LogP contribution < -0.4 is 4.74 Å². The van der Waals surface area contributed by atoms with Gasteiger partial charge in [0.15, 0.2) is 0 Å². The summed E-state index contributed by atoms with van der Waals surface area (Å²) in [7, 11) is 0. The molecule has 3 nitrogen and oxygen atoms in total. The number of aliphatic carboxylic acids is 1. The van der Waals surface area contributed by atoms with Crippen molar-refractivity contribution in [2.75, 3.05) is 0 Å². The molecule has 1 unspecified atom stereocenters. The molecule has 0 saturated heterocycles. The topological polar surface area (TPSA) is 46.5 Å². The standard InChI is InChI=1S/C14H12O3.2C2H6/c15-14(16)13(11-7-3-1-4-8-11)17-12-9-5-2-6-10-12;2*1-2/h1-10,13H,(H,15,16);2*1-2H3. The van der Waals surface area contributed by atoms with Crippen molar-refractivity contribution >= 4 is 5.97 Å². The summed E-state index contributed by atoms with van der Waals surface area (Å²) in [4.78, 5) is 11.2. The van der Waals surface area contributed by atoms with E-state index >= 15 is 0 Å². The van der Waals surface area contributed by atoms with Crippen LogP contribution in [-0.4, -0.2) is 11.1 Å². The molecular formula is C18H24O3. The van der Waals surface area contributed by atoms with Crippen LogP contribution >= 0.6 is 0 Å². The van der Waals surface area contributed by atoms with Gasteiger partial charge in [0.2, 0.25) is 6.10 Å². The lowest BCUT2D eigenvalue weighted by Crippen LogP contribution is -2.17. The van der Waals surface area contributed by atoms with Gasteiger partial charge in [-0.05, 0) is 12.1 Å². The molecule has 0 aliphatic carbocycles. The van der Waals surface area contributed by atoms with Crippen LogP contribution in [0.25, 0.3) is 0 Å². The second kappa shape index (κ2) is 11.5. The van der Waals surface area contributed by atoms with Crippen molar-refractivity contribution in [2.45, 2.75) is 33.8 Å². The van der Waals surface area contributed by atoms with Gasteiger partial charge in [-0.3, -0.25) is 0 Å². The number of hydrogen-bond acceptors (Lipinski definition) is 2. The molecule has 2 rings (SSSR count). The van der Waals surface area contributed by atoms with Crippen molar-refractivity contribution in [2.24, 2.45) is 0 Å². The summed E-state index contributed by atoms with van der Waals surface area (Å²) in [6.45, 7) is 8.00. The monoisotopic (exact) mass is 288 g/mol. The Kier molecular flexibility index (Phi) is 10.3. The van der Waals surface area contributed by atoms with E-state index < -0.39 is 12.1 Å². The largest absolute Gasteiger partial charge is 0.478 e. The maximum absolute atomic E-state index is 11.2. The number of carboxylic acid groups (broad SMARTS) is 1. The van der Waals surface area contributed by atoms with Crippen molar-refractivity contribution in [1.82, 2.24) is 0 Å². The highest BCUT2D eigenvalue weighted by Gasteiger charge is 2.21. The van der Waals surface area contributed by atoms with Gasteiger partial charge in [0.05, 0.1) is 0 Å². The summed E-state index contributed by atoms with van der Waals surface area (Å²) < 4.78 is 5.46. The van der Waals surface area contributed by atoms with Gasteiger partial charge < -0.3 is 9.84 Å². The van der Waals surface area contributed by atoms with Gasteiger partial charge in [0.1, 0.15) is 5.75 Å². The number of carbonyl (C=O) groups is 1. The Labute approximate surface area is 127 Å². The van der Waals surface area contributed by atoms with Crippen LogP contribution in [0, 0.1) is 0 Å². The fourth-order valence-corrected chi connectivity index (χ4v) is 1.52. The van der Waals surface area contributed by atoms with Crippen LogP contribution in [0.3, 0.4) is 0 Å². The van der Waals surface area contributed by atoms with Crippen LogP contribution in [0.4, 0.5) is 0 Å². The van der Waals surface area contributed by atoms with E-state index in [1.54, 1.807) is 48.5 Å². The molecule has 1 atom stereocenters. The second-order valence-electron chi connectivity index (χ2n) is 3.56. The van der Waals surface area contributed by atoms with E-state index in [0.717, 1.165) is 0 Å². The number of hydrogen-bond donors (Lipinski definition) is 1. The SMILES string of the molecule is CC.CC.O=C(O)C(Oc1ccccc1)c1ccccc1. The molecule has 0 amide bonds. The molecule has 0 heterocycles. The molecule has 21 heavy (non-hydrogen) atoms. The highest BCUT2D eigenvalue weighted by molar-refractivity contribution is 5.74. The molecule has 114 valence electrons. The summed E-state index contributed by atoms with van der Waals surface area (Å²) in [6.07, 6.45) is -0.974. The average Bonchev–Trinajstić information content (AvgIpc) is 2.58. The molecule has 2 aromatic rings. The molecule has 2 aromatic carbocycles. The minimum Gasteiger partial charge on any atom is -0.478 e. The van der Waals surface area contributed by atoms with E-state index in [0.29, 0.717) is 11.3 Å². The lowest BCUT2D eigenvalue weighted by molar-refractivity contribution is -0.145. The highest BCUT2D eigenvalue weighted by Crippen LogP contribution is 2.21. The van der Waals surface area contributed by atoms with E-state index in [9.17, 15) is 4.79 Å². The zero-order valence-electron chi connectivity index (χ0n) is 13.1. The molecule has 3 heteroatoms. The first-order chi connectivity index (χ1) is 10.3. The van der Waals surface area contributed by atoms with E-state index in [1.807, 2.05) is 39.8 Å². The van der Waals surface area contributed by atoms with Crippen LogP contribution in [-0.2, 0) is 4.79 Å². The summed E-state index contributed by atoms with van der Waals surface area (Å²) in [5.74, 6) is -0.455. The van der Waals surface area contributed by atoms with Gasteiger partial charge >= 0.3 is 5.97 Å². The van der Waals surface area contributed by atoms with Crippen molar-refractivity contribution in [3.8, 4) is 5.75 Å². The maximum Gasteiger partial charge on any atom is 0.349 e. The third-order valence-electron chi connectivity index (χ3n) is 2.32. The summed E-state index contributed by atoms with van der Waals surface area (Å²) >= 11 is 0. The predicted molar refractivity (Wildman–Crippen MR) is 86.6 cm³/mol. The Hall–Kier alpha value is -2.29. The molecule has 0 bridgehead atoms. The second-order valence-corrected chi connectivity index (χ2v) is 3.56. The molecule has 0 aromatic heterocycles. The first-order valence-electron chi connectivity index (χ1n) is 7.27. The summed E-state index contributed by atoms with van der Waals surface area (Å²) in [6, 6.07) is 17.8. The Bertz CT molecular complexity index is 480. The Balaban J connectivity index is 0.000000921. The third kappa shape index (κ3) is 6.61. The van der Waals surface area contributed by atoms with Crippen LogP contribution in [0.1, 0.15) is 39.4 Å². The Morgan fingerprint density at radius 2 is 1.29 bits per heavy atom.